The van der Waals surface area contributed by atoms with Crippen LogP contribution in [0.2, 0.25) is 0 Å². The number of anilines is 1. The van der Waals surface area contributed by atoms with Crippen LogP contribution in [0.4, 0.5) is 18.2 Å². The molecule has 6 nitrogen and oxygen atoms in total. The van der Waals surface area contributed by atoms with Gasteiger partial charge in [-0.2, -0.15) is 17.9 Å². The van der Waals surface area contributed by atoms with E-state index in [1.807, 2.05) is 0 Å². The monoisotopic (exact) mass is 435 g/mol. The van der Waals surface area contributed by atoms with Crippen molar-refractivity contribution in [3.8, 4) is 10.6 Å². The number of aromatic nitrogens is 2. The van der Waals surface area contributed by atoms with Gasteiger partial charge in [0.1, 0.15) is 21.5 Å². The molecule has 0 saturated carbocycles. The fourth-order valence-corrected chi connectivity index (χ4v) is 4.65. The Morgan fingerprint density at radius 3 is 2.71 bits per heavy atom. The van der Waals surface area contributed by atoms with Gasteiger partial charge in [0.05, 0.1) is 24.1 Å². The average Bonchev–Trinajstić information content (AvgIpc) is 3.00. The molecule has 2 heterocycles. The van der Waals surface area contributed by atoms with Gasteiger partial charge in [-0.3, -0.25) is 4.79 Å². The lowest BCUT2D eigenvalue weighted by Crippen LogP contribution is -2.32. The van der Waals surface area contributed by atoms with Crippen LogP contribution < -0.4 is 9.63 Å². The standard InChI is InChI=1S/C17H20F3N3O3S2/c1-3-23(14(24)6-9-28(26)10-7-17(18,19)20)16-12(2)21-15(27-16)13-5-4-8-22(25)11-13/h4-5,8,11H,3,6-7,9-10H2,1-2H3. The smallest absolute Gasteiger partial charge is 0.393 e. The van der Waals surface area contributed by atoms with Crippen molar-refractivity contribution >= 4 is 33.4 Å². The topological polar surface area (TPSA) is 83.2 Å². The first-order valence-electron chi connectivity index (χ1n) is 8.49. The molecule has 0 aliphatic rings. The number of carbonyl (C=O) groups is 1. The predicted molar refractivity (Wildman–Crippen MR) is 102 cm³/mol. The number of amides is 1. The van der Waals surface area contributed by atoms with Crippen LogP contribution in [0.3, 0.4) is 0 Å². The third-order valence-electron chi connectivity index (χ3n) is 3.81. The Morgan fingerprint density at radius 2 is 2.11 bits per heavy atom. The van der Waals surface area contributed by atoms with E-state index in [1.54, 1.807) is 26.0 Å². The lowest BCUT2D eigenvalue weighted by atomic mass is 10.3. The van der Waals surface area contributed by atoms with Gasteiger partial charge >= 0.3 is 6.18 Å². The fraction of sp³-hybridized carbons (Fsp3) is 0.471. The van der Waals surface area contributed by atoms with Gasteiger partial charge in [0.15, 0.2) is 12.4 Å². The van der Waals surface area contributed by atoms with Crippen molar-refractivity contribution in [3.05, 3.63) is 35.4 Å². The van der Waals surface area contributed by atoms with Crippen molar-refractivity contribution in [3.63, 3.8) is 0 Å². The number of nitrogens with zero attached hydrogens (tertiary/aromatic N) is 3. The second-order valence-corrected chi connectivity index (χ2v) is 8.64. The molecule has 1 unspecified atom stereocenters. The minimum absolute atomic E-state index is 0.114. The molecule has 11 heteroatoms. The van der Waals surface area contributed by atoms with E-state index in [1.165, 1.54) is 28.6 Å². The number of hydrogen-bond donors (Lipinski definition) is 0. The molecular weight excluding hydrogens is 415 g/mol. The summed E-state index contributed by atoms with van der Waals surface area (Å²) in [7, 11) is 0. The molecule has 0 N–H and O–H groups in total. The summed E-state index contributed by atoms with van der Waals surface area (Å²) in [4.78, 5) is 18.4. The third kappa shape index (κ3) is 6.35. The first-order chi connectivity index (χ1) is 13.1. The molecule has 1 atom stereocenters. The van der Waals surface area contributed by atoms with Crippen LogP contribution in [0.1, 0.15) is 25.5 Å². The van der Waals surface area contributed by atoms with Crippen LogP contribution in [0.5, 0.6) is 0 Å². The molecule has 0 aliphatic heterocycles. The first-order valence-corrected chi connectivity index (χ1v) is 10.8. The Hall–Kier alpha value is -1.85. The zero-order valence-corrected chi connectivity index (χ0v) is 17.0. The summed E-state index contributed by atoms with van der Waals surface area (Å²) in [6, 6.07) is 3.33. The largest absolute Gasteiger partial charge is 0.619 e. The highest BCUT2D eigenvalue weighted by molar-refractivity contribution is 7.91. The highest BCUT2D eigenvalue weighted by atomic mass is 32.2. The van der Waals surface area contributed by atoms with Crippen LogP contribution >= 0.6 is 11.3 Å². The second kappa shape index (κ2) is 9.57. The van der Waals surface area contributed by atoms with Crippen LogP contribution in [-0.4, -0.2) is 39.7 Å². The van der Waals surface area contributed by atoms with Crippen molar-refractivity contribution < 1.29 is 27.2 Å². The van der Waals surface area contributed by atoms with Crippen molar-refractivity contribution in [2.24, 2.45) is 0 Å². The molecule has 0 bridgehead atoms. The number of thiazole rings is 1. The molecule has 0 spiro atoms. The van der Waals surface area contributed by atoms with Gasteiger partial charge in [-0.15, -0.1) is 0 Å². The fourth-order valence-electron chi connectivity index (χ4n) is 2.44. The summed E-state index contributed by atoms with van der Waals surface area (Å²) in [5, 5.41) is 12.6. The summed E-state index contributed by atoms with van der Waals surface area (Å²) < 4.78 is 49.0. The number of carbonyl (C=O) groups excluding carboxylic acids is 1. The minimum Gasteiger partial charge on any atom is -0.619 e. The molecule has 0 fully saturated rings. The summed E-state index contributed by atoms with van der Waals surface area (Å²) in [5.41, 5.74) is 1.23. The van der Waals surface area contributed by atoms with E-state index in [2.05, 4.69) is 4.98 Å². The molecule has 2 rings (SSSR count). The van der Waals surface area contributed by atoms with E-state index >= 15 is 0 Å². The van der Waals surface area contributed by atoms with Crippen molar-refractivity contribution in [1.29, 1.82) is 0 Å². The maximum absolute atomic E-state index is 12.5. The summed E-state index contributed by atoms with van der Waals surface area (Å²) in [5.74, 6) is -0.950. The molecule has 2 aromatic heterocycles. The van der Waals surface area contributed by atoms with Gasteiger partial charge in [-0.05, 0) is 19.9 Å². The number of aryl methyl sites for hydroxylation is 1. The Kier molecular flexibility index (Phi) is 7.67. The molecular formula is C17H20F3N3O3S2. The highest BCUT2D eigenvalue weighted by Crippen LogP contribution is 2.34. The van der Waals surface area contributed by atoms with E-state index in [4.69, 9.17) is 0 Å². The SMILES string of the molecule is CCN(C(=O)CC[S+]([O-])CCC(F)(F)F)c1sc(-c2ccc[n+]([O-])c2)nc1C. The van der Waals surface area contributed by atoms with Gasteiger partial charge < -0.3 is 14.7 Å². The Labute approximate surface area is 167 Å². The summed E-state index contributed by atoms with van der Waals surface area (Å²) in [6.07, 6.45) is -2.86. The predicted octanol–water partition coefficient (Wildman–Crippen LogP) is 3.20. The molecule has 0 aliphatic carbocycles. The number of rotatable bonds is 8. The molecule has 1 amide bonds. The molecule has 154 valence electrons. The van der Waals surface area contributed by atoms with E-state index in [0.717, 1.165) is 0 Å². The van der Waals surface area contributed by atoms with Gasteiger partial charge in [0.2, 0.25) is 5.91 Å². The minimum atomic E-state index is -4.36. The maximum Gasteiger partial charge on any atom is 0.393 e. The molecule has 0 aromatic carbocycles. The van der Waals surface area contributed by atoms with Gasteiger partial charge in [-0.25, -0.2) is 4.98 Å². The van der Waals surface area contributed by atoms with Crippen molar-refractivity contribution in [2.45, 2.75) is 32.9 Å². The van der Waals surface area contributed by atoms with Gasteiger partial charge in [0, 0.05) is 12.6 Å². The quantitative estimate of drug-likeness (QED) is 0.362. The van der Waals surface area contributed by atoms with E-state index in [9.17, 15) is 27.7 Å². The van der Waals surface area contributed by atoms with E-state index in [-0.39, 0.29) is 18.1 Å². The van der Waals surface area contributed by atoms with E-state index < -0.39 is 29.5 Å². The summed E-state index contributed by atoms with van der Waals surface area (Å²) in [6.45, 7) is 3.85. The Balaban J connectivity index is 2.05. The Morgan fingerprint density at radius 1 is 1.39 bits per heavy atom. The molecule has 2 aromatic rings. The molecule has 0 radical (unpaired) electrons. The van der Waals surface area contributed by atoms with Crippen LogP contribution in [0.15, 0.2) is 24.5 Å². The first kappa shape index (κ1) is 22.4. The Bertz CT molecular complexity index is 814. The average molecular weight is 435 g/mol. The van der Waals surface area contributed by atoms with Crippen molar-refractivity contribution in [1.82, 2.24) is 4.98 Å². The number of alkyl halides is 3. The third-order valence-corrected chi connectivity index (χ3v) is 6.36. The lowest BCUT2D eigenvalue weighted by molar-refractivity contribution is -0.604. The lowest BCUT2D eigenvalue weighted by Gasteiger charge is -2.20. The maximum atomic E-state index is 12.5. The van der Waals surface area contributed by atoms with Crippen LogP contribution in [0.25, 0.3) is 10.6 Å². The van der Waals surface area contributed by atoms with Gasteiger partial charge in [-0.1, -0.05) is 22.5 Å². The molecule has 28 heavy (non-hydrogen) atoms. The zero-order chi connectivity index (χ0) is 20.9. The second-order valence-electron chi connectivity index (χ2n) is 5.96. The summed E-state index contributed by atoms with van der Waals surface area (Å²) >= 11 is -0.464. The zero-order valence-electron chi connectivity index (χ0n) is 15.4. The van der Waals surface area contributed by atoms with E-state index in [0.29, 0.717) is 32.5 Å². The number of pyridine rings is 1. The van der Waals surface area contributed by atoms with Gasteiger partial charge in [0.25, 0.3) is 0 Å². The number of halogens is 3. The molecule has 0 saturated heterocycles. The number of hydrogen-bond acceptors (Lipinski definition) is 5. The highest BCUT2D eigenvalue weighted by Gasteiger charge is 2.30. The van der Waals surface area contributed by atoms with Crippen LogP contribution in [0, 0.1) is 12.1 Å². The van der Waals surface area contributed by atoms with Crippen molar-refractivity contribution in [2.75, 3.05) is 23.0 Å². The normalized spacial score (nSPS) is 12.8. The van der Waals surface area contributed by atoms with Crippen LogP contribution in [-0.2, 0) is 16.0 Å².